The zero-order valence-corrected chi connectivity index (χ0v) is 11.1. The van der Waals surface area contributed by atoms with Gasteiger partial charge in [0.25, 0.3) is 0 Å². The van der Waals surface area contributed by atoms with Gasteiger partial charge in [0.15, 0.2) is 0 Å². The first-order chi connectivity index (χ1) is 7.06. The number of hydrogen-bond acceptors (Lipinski definition) is 2. The van der Waals surface area contributed by atoms with Crippen molar-refractivity contribution in [1.29, 1.82) is 0 Å². The summed E-state index contributed by atoms with van der Waals surface area (Å²) in [6.45, 7) is 6.39. The minimum absolute atomic E-state index is 0.100. The van der Waals surface area contributed by atoms with Crippen LogP contribution in [0.2, 0.25) is 0 Å². The maximum Gasteiger partial charge on any atom is 0.0473 e. The van der Waals surface area contributed by atoms with E-state index in [0.717, 1.165) is 25.2 Å². The minimum atomic E-state index is -0.727. The van der Waals surface area contributed by atoms with Crippen molar-refractivity contribution in [3.05, 3.63) is 0 Å². The van der Waals surface area contributed by atoms with Crippen LogP contribution < -0.4 is 5.73 Å². The summed E-state index contributed by atoms with van der Waals surface area (Å²) < 4.78 is 12.3. The molecule has 0 aromatic heterocycles. The third kappa shape index (κ3) is 3.56. The van der Waals surface area contributed by atoms with E-state index in [1.165, 1.54) is 12.8 Å². The highest BCUT2D eigenvalue weighted by atomic mass is 32.2. The molecule has 1 rings (SSSR count). The lowest BCUT2D eigenvalue weighted by molar-refractivity contribution is 0.387. The van der Waals surface area contributed by atoms with Crippen molar-refractivity contribution in [2.45, 2.75) is 69.4 Å². The standard InChI is InChI=1S/C12H25NOS/c1-4-12(13)10(3)15(14)11-7-5-6-9(2)8-11/h9-12H,4-8,13H2,1-3H3. The molecule has 15 heavy (non-hydrogen) atoms. The normalized spacial score (nSPS) is 33.3. The van der Waals surface area contributed by atoms with E-state index in [1.54, 1.807) is 0 Å². The molecule has 90 valence electrons. The number of rotatable bonds is 4. The molecule has 0 aromatic carbocycles. The second-order valence-corrected chi connectivity index (χ2v) is 7.07. The van der Waals surface area contributed by atoms with Crippen molar-refractivity contribution in [1.82, 2.24) is 0 Å². The van der Waals surface area contributed by atoms with Crippen molar-refractivity contribution in [2.75, 3.05) is 0 Å². The Bertz CT molecular complexity index is 220. The second kappa shape index (κ2) is 6.00. The fourth-order valence-electron chi connectivity index (χ4n) is 2.40. The van der Waals surface area contributed by atoms with E-state index in [2.05, 4.69) is 13.8 Å². The Labute approximate surface area is 96.5 Å². The summed E-state index contributed by atoms with van der Waals surface area (Å²) >= 11 is 0. The average Bonchev–Trinajstić information content (AvgIpc) is 2.26. The Kier molecular flexibility index (Phi) is 5.27. The van der Waals surface area contributed by atoms with Crippen molar-refractivity contribution >= 4 is 10.8 Å². The zero-order chi connectivity index (χ0) is 11.4. The smallest absolute Gasteiger partial charge is 0.0473 e. The van der Waals surface area contributed by atoms with E-state index in [1.807, 2.05) is 6.92 Å². The highest BCUT2D eigenvalue weighted by Gasteiger charge is 2.29. The van der Waals surface area contributed by atoms with Gasteiger partial charge in [-0.25, -0.2) is 0 Å². The molecule has 0 bridgehead atoms. The molecule has 0 aromatic rings. The van der Waals surface area contributed by atoms with Crippen LogP contribution in [0.5, 0.6) is 0 Å². The first-order valence-corrected chi connectivity index (χ1v) is 7.48. The summed E-state index contributed by atoms with van der Waals surface area (Å²) in [5.74, 6) is 0.748. The van der Waals surface area contributed by atoms with Crippen molar-refractivity contribution < 1.29 is 4.21 Å². The summed E-state index contributed by atoms with van der Waals surface area (Å²) in [7, 11) is -0.727. The lowest BCUT2D eigenvalue weighted by atomic mass is 9.91. The van der Waals surface area contributed by atoms with E-state index >= 15 is 0 Å². The third-order valence-corrected chi connectivity index (χ3v) is 5.83. The fourth-order valence-corrected chi connectivity index (χ4v) is 4.46. The van der Waals surface area contributed by atoms with Gasteiger partial charge in [-0.2, -0.15) is 0 Å². The molecule has 5 unspecified atom stereocenters. The summed E-state index contributed by atoms with van der Waals surface area (Å²) in [4.78, 5) is 0. The Morgan fingerprint density at radius 2 is 2.13 bits per heavy atom. The average molecular weight is 231 g/mol. The maximum absolute atomic E-state index is 12.3. The lowest BCUT2D eigenvalue weighted by Crippen LogP contribution is -2.40. The van der Waals surface area contributed by atoms with Gasteiger partial charge in [0.1, 0.15) is 0 Å². The summed E-state index contributed by atoms with van der Waals surface area (Å²) in [5.41, 5.74) is 5.97. The van der Waals surface area contributed by atoms with Gasteiger partial charge in [-0.05, 0) is 32.1 Å². The molecule has 3 heteroatoms. The quantitative estimate of drug-likeness (QED) is 0.807. The topological polar surface area (TPSA) is 43.1 Å². The number of hydrogen-bond donors (Lipinski definition) is 1. The highest BCUT2D eigenvalue weighted by Crippen LogP contribution is 2.28. The van der Waals surface area contributed by atoms with Crippen LogP contribution in [-0.4, -0.2) is 20.8 Å². The Morgan fingerprint density at radius 1 is 1.47 bits per heavy atom. The molecule has 2 nitrogen and oxygen atoms in total. The largest absolute Gasteiger partial charge is 0.327 e. The molecule has 1 aliphatic carbocycles. The van der Waals surface area contributed by atoms with Crippen molar-refractivity contribution in [2.24, 2.45) is 11.7 Å². The van der Waals surface area contributed by atoms with E-state index < -0.39 is 10.8 Å². The van der Waals surface area contributed by atoms with Crippen LogP contribution in [0.4, 0.5) is 0 Å². The van der Waals surface area contributed by atoms with Gasteiger partial charge in [0, 0.05) is 27.3 Å². The van der Waals surface area contributed by atoms with Crippen LogP contribution >= 0.6 is 0 Å². The van der Waals surface area contributed by atoms with Gasteiger partial charge in [-0.3, -0.25) is 4.21 Å². The van der Waals surface area contributed by atoms with Gasteiger partial charge >= 0.3 is 0 Å². The molecule has 2 N–H and O–H groups in total. The fraction of sp³-hybridized carbons (Fsp3) is 1.00. The van der Waals surface area contributed by atoms with Gasteiger partial charge in [0.2, 0.25) is 0 Å². The molecular weight excluding hydrogens is 206 g/mol. The van der Waals surface area contributed by atoms with Crippen molar-refractivity contribution in [3.8, 4) is 0 Å². The second-order valence-electron chi connectivity index (χ2n) is 5.00. The summed E-state index contributed by atoms with van der Waals surface area (Å²) in [6.07, 6.45) is 5.74. The molecule has 5 atom stereocenters. The van der Waals surface area contributed by atoms with Crippen LogP contribution in [0, 0.1) is 5.92 Å². The molecule has 0 spiro atoms. The van der Waals surface area contributed by atoms with Gasteiger partial charge < -0.3 is 5.73 Å². The zero-order valence-electron chi connectivity index (χ0n) is 10.2. The third-order valence-electron chi connectivity index (χ3n) is 3.66. The number of nitrogens with two attached hydrogens (primary N) is 1. The van der Waals surface area contributed by atoms with Gasteiger partial charge in [-0.15, -0.1) is 0 Å². The monoisotopic (exact) mass is 231 g/mol. The van der Waals surface area contributed by atoms with Gasteiger partial charge in [0.05, 0.1) is 0 Å². The van der Waals surface area contributed by atoms with Crippen LogP contribution in [0.3, 0.4) is 0 Å². The molecule has 1 aliphatic rings. The van der Waals surface area contributed by atoms with Crippen molar-refractivity contribution in [3.63, 3.8) is 0 Å². The molecule has 1 fully saturated rings. The van der Waals surface area contributed by atoms with Crippen LogP contribution in [0.1, 0.15) is 52.9 Å². The van der Waals surface area contributed by atoms with E-state index in [4.69, 9.17) is 5.73 Å². The maximum atomic E-state index is 12.3. The minimum Gasteiger partial charge on any atom is -0.327 e. The molecular formula is C12H25NOS. The first-order valence-electron chi connectivity index (χ1n) is 6.21. The predicted molar refractivity (Wildman–Crippen MR) is 67.3 cm³/mol. The summed E-state index contributed by atoms with van der Waals surface area (Å²) in [6, 6.07) is 0.100. The SMILES string of the molecule is CCC(N)C(C)S(=O)C1CCCC(C)C1. The highest BCUT2D eigenvalue weighted by molar-refractivity contribution is 7.86. The molecule has 0 amide bonds. The summed E-state index contributed by atoms with van der Waals surface area (Å²) in [5, 5.41) is 0.562. The van der Waals surface area contributed by atoms with Crippen LogP contribution in [0.25, 0.3) is 0 Å². The van der Waals surface area contributed by atoms with Crippen LogP contribution in [-0.2, 0) is 10.8 Å². The molecule has 1 saturated carbocycles. The van der Waals surface area contributed by atoms with Crippen LogP contribution in [0.15, 0.2) is 0 Å². The predicted octanol–water partition coefficient (Wildman–Crippen LogP) is 2.44. The molecule has 0 saturated heterocycles. The Hall–Kier alpha value is 0.110. The molecule has 0 heterocycles. The first kappa shape index (κ1) is 13.2. The lowest BCUT2D eigenvalue weighted by Gasteiger charge is -2.30. The Morgan fingerprint density at radius 3 is 2.67 bits per heavy atom. The van der Waals surface area contributed by atoms with E-state index in [9.17, 15) is 4.21 Å². The van der Waals surface area contributed by atoms with E-state index in [0.29, 0.717) is 5.25 Å². The Balaban J connectivity index is 2.51. The van der Waals surface area contributed by atoms with Gasteiger partial charge in [-0.1, -0.05) is 26.7 Å². The van der Waals surface area contributed by atoms with E-state index in [-0.39, 0.29) is 11.3 Å². The molecule has 0 aliphatic heterocycles. The molecule has 0 radical (unpaired) electrons.